The highest BCUT2D eigenvalue weighted by Gasteiger charge is 2.24. The number of rotatable bonds is 9. The molecule has 2 aromatic rings. The molecular formula is C18H22N4O6. The van der Waals surface area contributed by atoms with Gasteiger partial charge in [0.2, 0.25) is 11.8 Å². The van der Waals surface area contributed by atoms with Crippen molar-refractivity contribution in [3.63, 3.8) is 0 Å². The van der Waals surface area contributed by atoms with Crippen molar-refractivity contribution in [1.82, 2.24) is 20.3 Å². The molecule has 0 spiro atoms. The molecular weight excluding hydrogens is 368 g/mol. The highest BCUT2D eigenvalue weighted by molar-refractivity contribution is 5.97. The summed E-state index contributed by atoms with van der Waals surface area (Å²) in [7, 11) is 2.85. The van der Waals surface area contributed by atoms with E-state index in [1.165, 1.54) is 32.5 Å². The second kappa shape index (κ2) is 9.49. The minimum Gasteiger partial charge on any atom is -0.481 e. The Morgan fingerprint density at radius 1 is 1.18 bits per heavy atom. The molecule has 0 saturated carbocycles. The molecule has 1 atom stereocenters. The van der Waals surface area contributed by atoms with E-state index in [2.05, 4.69) is 20.3 Å². The molecule has 0 aromatic carbocycles. The van der Waals surface area contributed by atoms with E-state index < -0.39 is 17.9 Å². The van der Waals surface area contributed by atoms with Crippen LogP contribution in [0, 0.1) is 5.92 Å². The molecule has 2 aromatic heterocycles. The number of amides is 1. The normalized spacial score (nSPS) is 11.6. The number of carbonyl (C=O) groups excluding carboxylic acids is 1. The number of aromatic nitrogens is 3. The molecule has 150 valence electrons. The summed E-state index contributed by atoms with van der Waals surface area (Å²) < 4.78 is 15.7. The van der Waals surface area contributed by atoms with Crippen molar-refractivity contribution in [3.05, 3.63) is 30.1 Å². The molecule has 2 heterocycles. The lowest BCUT2D eigenvalue weighted by atomic mass is 10.0. The summed E-state index contributed by atoms with van der Waals surface area (Å²) in [5.41, 5.74) is -0.0945. The summed E-state index contributed by atoms with van der Waals surface area (Å²) in [4.78, 5) is 36.1. The highest BCUT2D eigenvalue weighted by Crippen LogP contribution is 2.25. The Balaban J connectivity index is 2.27. The van der Waals surface area contributed by atoms with Crippen LogP contribution in [0.15, 0.2) is 24.4 Å². The average Bonchev–Trinajstić information content (AvgIpc) is 2.67. The number of carbonyl (C=O) groups is 2. The number of hydrogen-bond donors (Lipinski definition) is 2. The van der Waals surface area contributed by atoms with Crippen LogP contribution in [0.3, 0.4) is 0 Å². The van der Waals surface area contributed by atoms with Gasteiger partial charge in [0.1, 0.15) is 6.04 Å². The zero-order valence-corrected chi connectivity index (χ0v) is 16.0. The fourth-order valence-electron chi connectivity index (χ4n) is 2.30. The maximum Gasteiger partial charge on any atom is 0.328 e. The van der Waals surface area contributed by atoms with Crippen LogP contribution in [0.4, 0.5) is 0 Å². The van der Waals surface area contributed by atoms with Crippen LogP contribution >= 0.6 is 0 Å². The number of methoxy groups -OCH3 is 2. The summed E-state index contributed by atoms with van der Waals surface area (Å²) in [6.07, 6.45) is 1.67. The maximum absolute atomic E-state index is 12.6. The number of aliphatic carboxylic acids is 1. The fraction of sp³-hybridized carbons (Fsp3) is 0.389. The Morgan fingerprint density at radius 2 is 1.82 bits per heavy atom. The fourth-order valence-corrected chi connectivity index (χ4v) is 2.30. The first-order chi connectivity index (χ1) is 13.3. The first-order valence-corrected chi connectivity index (χ1v) is 8.47. The van der Waals surface area contributed by atoms with Gasteiger partial charge in [-0.25, -0.2) is 9.78 Å². The molecule has 0 radical (unpaired) electrons. The van der Waals surface area contributed by atoms with Crippen molar-refractivity contribution < 1.29 is 28.9 Å². The van der Waals surface area contributed by atoms with E-state index >= 15 is 0 Å². The summed E-state index contributed by atoms with van der Waals surface area (Å²) in [5, 5.41) is 11.8. The molecule has 10 nitrogen and oxygen atoms in total. The second-order valence-electron chi connectivity index (χ2n) is 6.18. The molecule has 0 saturated heterocycles. The Bertz CT molecular complexity index is 820. The first-order valence-electron chi connectivity index (χ1n) is 8.47. The van der Waals surface area contributed by atoms with Gasteiger partial charge in [-0.3, -0.25) is 4.79 Å². The van der Waals surface area contributed by atoms with Crippen molar-refractivity contribution >= 4 is 11.9 Å². The third-order valence-corrected chi connectivity index (χ3v) is 3.57. The molecule has 28 heavy (non-hydrogen) atoms. The predicted molar refractivity (Wildman–Crippen MR) is 97.8 cm³/mol. The van der Waals surface area contributed by atoms with Gasteiger partial charge < -0.3 is 24.6 Å². The summed E-state index contributed by atoms with van der Waals surface area (Å²) in [6, 6.07) is 3.36. The Morgan fingerprint density at radius 3 is 2.36 bits per heavy atom. The zero-order chi connectivity index (χ0) is 20.7. The van der Waals surface area contributed by atoms with Crippen LogP contribution in [0.25, 0.3) is 0 Å². The van der Waals surface area contributed by atoms with Crippen LogP contribution in [0.1, 0.15) is 30.8 Å². The SMILES string of the molecule is COc1cc(OC)nc(Oc2cccnc2C(=O)NC(CC(C)C)C(=O)O)n1. The number of ether oxygens (including phenoxy) is 3. The number of carboxylic acid groups (broad SMARTS) is 1. The third-order valence-electron chi connectivity index (χ3n) is 3.57. The van der Waals surface area contributed by atoms with Gasteiger partial charge in [-0.15, -0.1) is 0 Å². The van der Waals surface area contributed by atoms with E-state index in [9.17, 15) is 14.7 Å². The smallest absolute Gasteiger partial charge is 0.328 e. The maximum atomic E-state index is 12.6. The van der Waals surface area contributed by atoms with Gasteiger partial charge in [-0.2, -0.15) is 9.97 Å². The molecule has 0 fully saturated rings. The highest BCUT2D eigenvalue weighted by atomic mass is 16.5. The lowest BCUT2D eigenvalue weighted by Gasteiger charge is -2.17. The Hall–Kier alpha value is -3.43. The second-order valence-corrected chi connectivity index (χ2v) is 6.18. The number of nitrogens with one attached hydrogen (secondary N) is 1. The first kappa shape index (κ1) is 20.9. The molecule has 0 aliphatic carbocycles. The Kier molecular flexibility index (Phi) is 7.08. The third kappa shape index (κ3) is 5.53. The summed E-state index contributed by atoms with van der Waals surface area (Å²) in [6.45, 7) is 3.73. The van der Waals surface area contributed by atoms with Crippen LogP contribution in [-0.2, 0) is 4.79 Å². The van der Waals surface area contributed by atoms with Crippen molar-refractivity contribution in [2.75, 3.05) is 14.2 Å². The van der Waals surface area contributed by atoms with Crippen molar-refractivity contribution in [3.8, 4) is 23.5 Å². The van der Waals surface area contributed by atoms with Crippen molar-refractivity contribution in [2.24, 2.45) is 5.92 Å². The van der Waals surface area contributed by atoms with E-state index in [1.807, 2.05) is 13.8 Å². The molecule has 10 heteroatoms. The lowest BCUT2D eigenvalue weighted by Crippen LogP contribution is -2.42. The zero-order valence-electron chi connectivity index (χ0n) is 16.0. The summed E-state index contributed by atoms with van der Waals surface area (Å²) >= 11 is 0. The minimum absolute atomic E-state index is 0.0593. The molecule has 0 aliphatic heterocycles. The van der Waals surface area contributed by atoms with Gasteiger partial charge in [-0.05, 0) is 24.5 Å². The van der Waals surface area contributed by atoms with Crippen LogP contribution in [-0.4, -0.2) is 52.2 Å². The van der Waals surface area contributed by atoms with Crippen LogP contribution in [0.2, 0.25) is 0 Å². The van der Waals surface area contributed by atoms with E-state index in [4.69, 9.17) is 14.2 Å². The van der Waals surface area contributed by atoms with Gasteiger partial charge in [0.05, 0.1) is 20.3 Å². The molecule has 1 unspecified atom stereocenters. The number of nitrogens with zero attached hydrogens (tertiary/aromatic N) is 3. The van der Waals surface area contributed by atoms with E-state index in [0.717, 1.165) is 0 Å². The molecule has 1 amide bonds. The quantitative estimate of drug-likeness (QED) is 0.658. The Labute approximate surface area is 161 Å². The standard InChI is InChI=1S/C18H22N4O6/c1-10(2)8-11(17(24)25)20-16(23)15-12(6-5-7-19-15)28-18-21-13(26-3)9-14(22-18)27-4/h5-7,9-11H,8H2,1-4H3,(H,20,23)(H,24,25). The molecule has 2 rings (SSSR count). The number of pyridine rings is 1. The van der Waals surface area contributed by atoms with Gasteiger partial charge >= 0.3 is 12.0 Å². The monoisotopic (exact) mass is 390 g/mol. The van der Waals surface area contributed by atoms with Crippen molar-refractivity contribution in [1.29, 1.82) is 0 Å². The number of carboxylic acids is 1. The minimum atomic E-state index is -1.12. The van der Waals surface area contributed by atoms with Gasteiger partial charge in [-0.1, -0.05) is 13.8 Å². The predicted octanol–water partition coefficient (Wildman–Crippen LogP) is 1.91. The average molecular weight is 390 g/mol. The topological polar surface area (TPSA) is 133 Å². The molecule has 2 N–H and O–H groups in total. The van der Waals surface area contributed by atoms with Gasteiger partial charge in [0, 0.05) is 6.20 Å². The van der Waals surface area contributed by atoms with Crippen LogP contribution in [0.5, 0.6) is 23.5 Å². The van der Waals surface area contributed by atoms with Crippen LogP contribution < -0.4 is 19.5 Å². The van der Waals surface area contributed by atoms with E-state index in [-0.39, 0.29) is 41.6 Å². The van der Waals surface area contributed by atoms with Gasteiger partial charge in [0.25, 0.3) is 5.91 Å². The van der Waals surface area contributed by atoms with E-state index in [0.29, 0.717) is 0 Å². The largest absolute Gasteiger partial charge is 0.481 e. The van der Waals surface area contributed by atoms with E-state index in [1.54, 1.807) is 6.07 Å². The summed E-state index contributed by atoms with van der Waals surface area (Å²) in [5.74, 6) is -1.25. The van der Waals surface area contributed by atoms with Crippen molar-refractivity contribution in [2.45, 2.75) is 26.3 Å². The molecule has 0 aliphatic rings. The lowest BCUT2D eigenvalue weighted by molar-refractivity contribution is -0.139. The number of hydrogen-bond acceptors (Lipinski definition) is 8. The molecule has 0 bridgehead atoms. The van der Waals surface area contributed by atoms with Gasteiger partial charge in [0.15, 0.2) is 11.4 Å².